The van der Waals surface area contributed by atoms with Crippen LogP contribution in [0.1, 0.15) is 0 Å². The lowest BCUT2D eigenvalue weighted by atomic mass is 10.0. The number of nitrogens with zero attached hydrogens (tertiary/aromatic N) is 3. The average Bonchev–Trinajstić information content (AvgIpc) is 2.33. The van der Waals surface area contributed by atoms with E-state index >= 15 is 0 Å². The van der Waals surface area contributed by atoms with Crippen LogP contribution in [0.4, 0.5) is 5.69 Å². The summed E-state index contributed by atoms with van der Waals surface area (Å²) in [6.45, 7) is 0. The van der Waals surface area contributed by atoms with Gasteiger partial charge in [-0.25, -0.2) is 0 Å². The molecule has 0 atom stereocenters. The minimum Gasteiger partial charge on any atom is -0.0622 e. The normalized spacial score (nSPS) is 9.56. The predicted molar refractivity (Wildman–Crippen MR) is 73.4 cm³/mol. The molecule has 0 aliphatic rings. The predicted octanol–water partition coefficient (Wildman–Crippen LogP) is 4.90. The SMILES string of the molecule is [N-]=[N+]=Nc1ccc(I)cc1-c1ccccc1. The van der Waals surface area contributed by atoms with Crippen LogP contribution in [-0.4, -0.2) is 0 Å². The Morgan fingerprint density at radius 1 is 1.06 bits per heavy atom. The second-order valence-electron chi connectivity index (χ2n) is 3.22. The van der Waals surface area contributed by atoms with Crippen LogP contribution >= 0.6 is 22.6 Å². The van der Waals surface area contributed by atoms with Crippen molar-refractivity contribution in [3.63, 3.8) is 0 Å². The summed E-state index contributed by atoms with van der Waals surface area (Å²) in [5.41, 5.74) is 11.2. The second kappa shape index (κ2) is 5.01. The molecular weight excluding hydrogens is 313 g/mol. The summed E-state index contributed by atoms with van der Waals surface area (Å²) in [5.74, 6) is 0. The van der Waals surface area contributed by atoms with E-state index in [2.05, 4.69) is 32.6 Å². The molecule has 0 aromatic heterocycles. The maximum absolute atomic E-state index is 8.52. The Bertz CT molecular complexity index is 545. The van der Waals surface area contributed by atoms with Crippen molar-refractivity contribution in [1.82, 2.24) is 0 Å². The van der Waals surface area contributed by atoms with Crippen molar-refractivity contribution < 1.29 is 0 Å². The Morgan fingerprint density at radius 2 is 1.81 bits per heavy atom. The summed E-state index contributed by atoms with van der Waals surface area (Å²) < 4.78 is 1.12. The first-order valence-corrected chi connectivity index (χ1v) is 5.79. The Kier molecular flexibility index (Phi) is 3.44. The zero-order chi connectivity index (χ0) is 11.4. The van der Waals surface area contributed by atoms with Crippen molar-refractivity contribution in [2.45, 2.75) is 0 Å². The molecule has 4 heteroatoms. The molecule has 0 heterocycles. The fourth-order valence-corrected chi connectivity index (χ4v) is 1.98. The van der Waals surface area contributed by atoms with E-state index in [0.717, 1.165) is 14.7 Å². The van der Waals surface area contributed by atoms with Crippen LogP contribution in [0.15, 0.2) is 53.6 Å². The molecule has 0 fully saturated rings. The maximum atomic E-state index is 8.52. The smallest absolute Gasteiger partial charge is 0.0454 e. The molecule has 0 saturated carbocycles. The first-order chi connectivity index (χ1) is 7.81. The standard InChI is InChI=1S/C12H8IN3/c13-10-6-7-12(15-16-14)11(8-10)9-4-2-1-3-5-9/h1-8H. The van der Waals surface area contributed by atoms with Crippen LogP contribution in [0.25, 0.3) is 21.6 Å². The molecular formula is C12H8IN3. The van der Waals surface area contributed by atoms with E-state index in [1.165, 1.54) is 0 Å². The largest absolute Gasteiger partial charge is 0.0622 e. The molecule has 0 amide bonds. The molecule has 0 unspecified atom stereocenters. The molecule has 0 bridgehead atoms. The molecule has 0 aliphatic heterocycles. The Labute approximate surface area is 107 Å². The molecule has 0 aliphatic carbocycles. The minimum atomic E-state index is 0.661. The highest BCUT2D eigenvalue weighted by Gasteiger charge is 2.03. The molecule has 2 aromatic carbocycles. The summed E-state index contributed by atoms with van der Waals surface area (Å²) >= 11 is 2.24. The van der Waals surface area contributed by atoms with E-state index in [-0.39, 0.29) is 0 Å². The van der Waals surface area contributed by atoms with E-state index in [0.29, 0.717) is 5.69 Å². The van der Waals surface area contributed by atoms with Crippen molar-refractivity contribution in [1.29, 1.82) is 0 Å². The van der Waals surface area contributed by atoms with Crippen molar-refractivity contribution in [2.75, 3.05) is 0 Å². The number of hydrogen-bond donors (Lipinski definition) is 0. The third-order valence-corrected chi connectivity index (χ3v) is 2.87. The lowest BCUT2D eigenvalue weighted by molar-refractivity contribution is 1.45. The van der Waals surface area contributed by atoms with Gasteiger partial charge in [0, 0.05) is 14.2 Å². The molecule has 3 nitrogen and oxygen atoms in total. The molecule has 0 spiro atoms. The number of rotatable bonds is 2. The van der Waals surface area contributed by atoms with Gasteiger partial charge in [-0.05, 0) is 51.4 Å². The van der Waals surface area contributed by atoms with Crippen LogP contribution < -0.4 is 0 Å². The summed E-state index contributed by atoms with van der Waals surface area (Å²) in [5, 5.41) is 3.70. The highest BCUT2D eigenvalue weighted by molar-refractivity contribution is 14.1. The Morgan fingerprint density at radius 3 is 2.50 bits per heavy atom. The Hall–Kier alpha value is -1.52. The van der Waals surface area contributed by atoms with E-state index in [9.17, 15) is 0 Å². The van der Waals surface area contributed by atoms with Crippen molar-refractivity contribution in [3.05, 3.63) is 62.5 Å². The van der Waals surface area contributed by atoms with Crippen LogP contribution in [0.5, 0.6) is 0 Å². The van der Waals surface area contributed by atoms with Crippen molar-refractivity contribution in [2.24, 2.45) is 5.11 Å². The van der Waals surface area contributed by atoms with Gasteiger partial charge in [0.2, 0.25) is 0 Å². The third-order valence-electron chi connectivity index (χ3n) is 2.20. The van der Waals surface area contributed by atoms with Gasteiger partial charge in [0.1, 0.15) is 0 Å². The van der Waals surface area contributed by atoms with Gasteiger partial charge in [0.15, 0.2) is 0 Å². The average molecular weight is 321 g/mol. The number of azide groups is 1. The van der Waals surface area contributed by atoms with Crippen molar-refractivity contribution >= 4 is 28.3 Å². The van der Waals surface area contributed by atoms with E-state index in [1.54, 1.807) is 0 Å². The maximum Gasteiger partial charge on any atom is 0.0454 e. The van der Waals surface area contributed by atoms with Gasteiger partial charge >= 0.3 is 0 Å². The monoisotopic (exact) mass is 321 g/mol. The van der Waals surface area contributed by atoms with E-state index in [1.807, 2.05) is 48.5 Å². The number of halogens is 1. The number of hydrogen-bond acceptors (Lipinski definition) is 1. The molecule has 0 N–H and O–H groups in total. The molecule has 78 valence electrons. The summed E-state index contributed by atoms with van der Waals surface area (Å²) in [4.78, 5) is 2.84. The van der Waals surface area contributed by atoms with Crippen LogP contribution in [0.3, 0.4) is 0 Å². The lowest BCUT2D eigenvalue weighted by Crippen LogP contribution is -1.80. The summed E-state index contributed by atoms with van der Waals surface area (Å²) in [7, 11) is 0. The highest BCUT2D eigenvalue weighted by Crippen LogP contribution is 2.31. The molecule has 0 radical (unpaired) electrons. The van der Waals surface area contributed by atoms with E-state index in [4.69, 9.17) is 5.53 Å². The molecule has 2 rings (SSSR count). The van der Waals surface area contributed by atoms with Gasteiger partial charge in [0.05, 0.1) is 0 Å². The second-order valence-corrected chi connectivity index (χ2v) is 4.46. The van der Waals surface area contributed by atoms with E-state index < -0.39 is 0 Å². The fourth-order valence-electron chi connectivity index (χ4n) is 1.49. The minimum absolute atomic E-state index is 0.661. The third kappa shape index (κ3) is 2.35. The lowest BCUT2D eigenvalue weighted by Gasteiger charge is -2.05. The zero-order valence-corrected chi connectivity index (χ0v) is 10.5. The fraction of sp³-hybridized carbons (Fsp3) is 0. The number of benzene rings is 2. The summed E-state index contributed by atoms with van der Waals surface area (Å²) in [6.07, 6.45) is 0. The first kappa shape index (κ1) is 11.0. The van der Waals surface area contributed by atoms with Gasteiger partial charge in [-0.1, -0.05) is 41.5 Å². The highest BCUT2D eigenvalue weighted by atomic mass is 127. The summed E-state index contributed by atoms with van der Waals surface area (Å²) in [6, 6.07) is 15.7. The van der Waals surface area contributed by atoms with Crippen molar-refractivity contribution in [3.8, 4) is 11.1 Å². The van der Waals surface area contributed by atoms with Crippen LogP contribution in [0, 0.1) is 3.57 Å². The molecule has 0 saturated heterocycles. The van der Waals surface area contributed by atoms with Gasteiger partial charge in [0.25, 0.3) is 0 Å². The zero-order valence-electron chi connectivity index (χ0n) is 8.34. The quantitative estimate of drug-likeness (QED) is 0.327. The van der Waals surface area contributed by atoms with Gasteiger partial charge in [-0.3, -0.25) is 0 Å². The van der Waals surface area contributed by atoms with Gasteiger partial charge in [-0.15, -0.1) is 0 Å². The molecule has 2 aromatic rings. The first-order valence-electron chi connectivity index (χ1n) is 4.71. The topological polar surface area (TPSA) is 48.8 Å². The van der Waals surface area contributed by atoms with Gasteiger partial charge < -0.3 is 0 Å². The van der Waals surface area contributed by atoms with Gasteiger partial charge in [-0.2, -0.15) is 0 Å². The molecule has 16 heavy (non-hydrogen) atoms. The Balaban J connectivity index is 2.62. The van der Waals surface area contributed by atoms with Crippen LogP contribution in [-0.2, 0) is 0 Å². The van der Waals surface area contributed by atoms with Crippen LogP contribution in [0.2, 0.25) is 0 Å².